The Balaban J connectivity index is 3.30. The zero-order chi connectivity index (χ0) is 7.11. The zero-order valence-corrected chi connectivity index (χ0v) is 8.39. The molecule has 9 heavy (non-hydrogen) atoms. The average Bonchev–Trinajstić information content (AvgIpc) is 1.91. The number of halogens is 1. The van der Waals surface area contributed by atoms with E-state index < -0.39 is 8.80 Å². The summed E-state index contributed by atoms with van der Waals surface area (Å²) in [6, 6.07) is 1.30. The highest BCUT2D eigenvalue weighted by atomic mass is 79.9. The molecule has 0 saturated heterocycles. The van der Waals surface area contributed by atoms with Crippen LogP contribution in [0, 0.1) is 0 Å². The highest BCUT2D eigenvalue weighted by Gasteiger charge is 1.97. The Kier molecular flexibility index (Phi) is 6.42. The fourth-order valence-corrected chi connectivity index (χ4v) is 2.91. The molecule has 0 heterocycles. The van der Waals surface area contributed by atoms with Gasteiger partial charge < -0.3 is 0 Å². The van der Waals surface area contributed by atoms with E-state index in [1.807, 2.05) is 0 Å². The molecule has 0 aromatic heterocycles. The van der Waals surface area contributed by atoms with Gasteiger partial charge in [-0.2, -0.15) is 0 Å². The maximum absolute atomic E-state index is 3.76. The van der Waals surface area contributed by atoms with E-state index in [-0.39, 0.29) is 0 Å². The topological polar surface area (TPSA) is 0 Å². The summed E-state index contributed by atoms with van der Waals surface area (Å²) in [6.07, 6.45) is 1.26. The standard InChI is InChI=1S/C7H13BrSi/c1-3-9(4-2)7-5-6-8/h3-4,9H,1-2,5-7H2. The zero-order valence-electron chi connectivity index (χ0n) is 5.65. The third-order valence-electron chi connectivity index (χ3n) is 1.28. The number of hydrogen-bond acceptors (Lipinski definition) is 0. The first kappa shape index (κ1) is 9.18. The molecule has 0 unspecified atom stereocenters. The predicted octanol–water partition coefficient (Wildman–Crippen LogP) is 2.45. The molecule has 0 nitrogen and oxygen atoms in total. The summed E-state index contributed by atoms with van der Waals surface area (Å²) in [5.41, 5.74) is 4.16. The molecule has 0 radical (unpaired) electrons. The van der Waals surface area contributed by atoms with E-state index in [1.165, 1.54) is 12.5 Å². The minimum atomic E-state index is -0.712. The molecule has 0 rings (SSSR count). The normalized spacial score (nSPS) is 9.56. The van der Waals surface area contributed by atoms with Crippen molar-refractivity contribution in [3.05, 3.63) is 24.6 Å². The molecule has 0 atom stereocenters. The fourth-order valence-electron chi connectivity index (χ4n) is 0.645. The molecular formula is C7H13BrSi. The van der Waals surface area contributed by atoms with Gasteiger partial charge in [0.15, 0.2) is 0 Å². The van der Waals surface area contributed by atoms with Crippen molar-refractivity contribution in [2.75, 3.05) is 5.33 Å². The largest absolute Gasteiger partial charge is 0.107 e. The van der Waals surface area contributed by atoms with Crippen LogP contribution < -0.4 is 0 Å². The lowest BCUT2D eigenvalue weighted by Gasteiger charge is -2.00. The fraction of sp³-hybridized carbons (Fsp3) is 0.429. The Morgan fingerprint density at radius 1 is 1.33 bits per heavy atom. The Labute approximate surface area is 67.4 Å². The molecule has 0 aromatic rings. The lowest BCUT2D eigenvalue weighted by atomic mass is 10.6. The molecule has 0 fully saturated rings. The van der Waals surface area contributed by atoms with Gasteiger partial charge in [-0.25, -0.2) is 0 Å². The van der Waals surface area contributed by atoms with Crippen LogP contribution >= 0.6 is 15.9 Å². The van der Waals surface area contributed by atoms with E-state index in [2.05, 4.69) is 40.5 Å². The summed E-state index contributed by atoms with van der Waals surface area (Å²) in [4.78, 5) is 0. The molecule has 0 amide bonds. The second kappa shape index (κ2) is 6.30. The van der Waals surface area contributed by atoms with Crippen molar-refractivity contribution in [3.63, 3.8) is 0 Å². The van der Waals surface area contributed by atoms with Crippen LogP contribution in [0.1, 0.15) is 6.42 Å². The van der Waals surface area contributed by atoms with Crippen LogP contribution in [0.15, 0.2) is 24.6 Å². The lowest BCUT2D eigenvalue weighted by molar-refractivity contribution is 1.10. The van der Waals surface area contributed by atoms with E-state index in [0.717, 1.165) is 5.33 Å². The van der Waals surface area contributed by atoms with Gasteiger partial charge in [0.25, 0.3) is 0 Å². The average molecular weight is 205 g/mol. The first-order valence-electron chi connectivity index (χ1n) is 3.16. The highest BCUT2D eigenvalue weighted by molar-refractivity contribution is 9.09. The van der Waals surface area contributed by atoms with Crippen molar-refractivity contribution in [1.82, 2.24) is 0 Å². The second-order valence-electron chi connectivity index (χ2n) is 1.97. The van der Waals surface area contributed by atoms with Crippen molar-refractivity contribution >= 4 is 24.7 Å². The molecule has 0 aliphatic heterocycles. The van der Waals surface area contributed by atoms with Crippen LogP contribution in [0.3, 0.4) is 0 Å². The molecular weight excluding hydrogens is 192 g/mol. The number of rotatable bonds is 5. The van der Waals surface area contributed by atoms with Crippen LogP contribution in [0.4, 0.5) is 0 Å². The highest BCUT2D eigenvalue weighted by Crippen LogP contribution is 2.01. The summed E-state index contributed by atoms with van der Waals surface area (Å²) >= 11 is 3.39. The van der Waals surface area contributed by atoms with Crippen LogP contribution in [0.5, 0.6) is 0 Å². The Morgan fingerprint density at radius 3 is 2.22 bits per heavy atom. The number of alkyl halides is 1. The minimum absolute atomic E-state index is 0.712. The lowest BCUT2D eigenvalue weighted by Crippen LogP contribution is -2.03. The summed E-state index contributed by atoms with van der Waals surface area (Å²) in [7, 11) is -0.712. The Hall–Kier alpha value is 0.177. The van der Waals surface area contributed by atoms with Crippen LogP contribution in [0.2, 0.25) is 6.04 Å². The van der Waals surface area contributed by atoms with E-state index >= 15 is 0 Å². The molecule has 0 aromatic carbocycles. The van der Waals surface area contributed by atoms with Gasteiger partial charge in [0.2, 0.25) is 0 Å². The summed E-state index contributed by atoms with van der Waals surface area (Å²) in [5, 5.41) is 1.11. The molecule has 0 bridgehead atoms. The Morgan fingerprint density at radius 2 is 1.89 bits per heavy atom. The van der Waals surface area contributed by atoms with Gasteiger partial charge in [-0.3, -0.25) is 0 Å². The molecule has 0 spiro atoms. The summed E-state index contributed by atoms with van der Waals surface area (Å²) in [5.74, 6) is 0. The summed E-state index contributed by atoms with van der Waals surface area (Å²) < 4.78 is 0. The summed E-state index contributed by atoms with van der Waals surface area (Å²) in [6.45, 7) is 7.52. The van der Waals surface area contributed by atoms with Gasteiger partial charge in [0.1, 0.15) is 0 Å². The third-order valence-corrected chi connectivity index (χ3v) is 4.12. The maximum atomic E-state index is 3.76. The van der Waals surface area contributed by atoms with Crippen molar-refractivity contribution in [3.8, 4) is 0 Å². The van der Waals surface area contributed by atoms with Crippen molar-refractivity contribution < 1.29 is 0 Å². The van der Waals surface area contributed by atoms with Gasteiger partial charge in [-0.1, -0.05) is 22.0 Å². The van der Waals surface area contributed by atoms with Gasteiger partial charge >= 0.3 is 0 Å². The predicted molar refractivity (Wildman–Crippen MR) is 50.8 cm³/mol. The van der Waals surface area contributed by atoms with E-state index in [1.54, 1.807) is 0 Å². The quantitative estimate of drug-likeness (QED) is 0.477. The van der Waals surface area contributed by atoms with Gasteiger partial charge in [-0.15, -0.1) is 24.6 Å². The second-order valence-corrected chi connectivity index (χ2v) is 5.61. The third kappa shape index (κ3) is 4.67. The van der Waals surface area contributed by atoms with Crippen LogP contribution in [0.25, 0.3) is 0 Å². The van der Waals surface area contributed by atoms with Crippen molar-refractivity contribution in [1.29, 1.82) is 0 Å². The molecule has 0 saturated carbocycles. The van der Waals surface area contributed by atoms with Crippen molar-refractivity contribution in [2.24, 2.45) is 0 Å². The monoisotopic (exact) mass is 204 g/mol. The molecule has 0 N–H and O–H groups in total. The van der Waals surface area contributed by atoms with E-state index in [4.69, 9.17) is 0 Å². The Bertz CT molecular complexity index is 82.9. The smallest absolute Gasteiger partial charge is 0.0838 e. The first-order chi connectivity index (χ1) is 4.35. The minimum Gasteiger partial charge on any atom is -0.107 e. The van der Waals surface area contributed by atoms with Crippen LogP contribution in [-0.2, 0) is 0 Å². The van der Waals surface area contributed by atoms with Crippen molar-refractivity contribution in [2.45, 2.75) is 12.5 Å². The molecule has 0 aliphatic carbocycles. The first-order valence-corrected chi connectivity index (χ1v) is 6.43. The molecule has 52 valence electrons. The molecule has 2 heteroatoms. The van der Waals surface area contributed by atoms with Gasteiger partial charge in [0, 0.05) is 5.33 Å². The van der Waals surface area contributed by atoms with E-state index in [9.17, 15) is 0 Å². The SMILES string of the molecule is C=C[SiH](C=C)CCCBr. The molecule has 0 aliphatic rings. The van der Waals surface area contributed by atoms with Gasteiger partial charge in [0.05, 0.1) is 8.80 Å². The number of hydrogen-bond donors (Lipinski definition) is 0. The van der Waals surface area contributed by atoms with E-state index in [0.29, 0.717) is 0 Å². The maximum Gasteiger partial charge on any atom is 0.0838 e. The van der Waals surface area contributed by atoms with Gasteiger partial charge in [-0.05, 0) is 6.42 Å². The van der Waals surface area contributed by atoms with Crippen LogP contribution in [-0.4, -0.2) is 14.1 Å².